The van der Waals surface area contributed by atoms with Gasteiger partial charge < -0.3 is 4.52 Å². The maximum Gasteiger partial charge on any atom is 0.412 e. The molecular weight excluding hydrogens is 274 g/mol. The summed E-state index contributed by atoms with van der Waals surface area (Å²) in [5.74, 6) is 0. The zero-order valence-corrected chi connectivity index (χ0v) is 9.40. The standard InChI is InChI=1S/C4H5Cl3F3O2P/c1-13(11,4(5,6)7)12-2-3(8,9)10/h2H2,1H3. The summed E-state index contributed by atoms with van der Waals surface area (Å²) in [4.78, 5) is 0. The van der Waals surface area contributed by atoms with E-state index in [1.54, 1.807) is 0 Å². The lowest BCUT2D eigenvalue weighted by atomic mass is 10.7. The normalized spacial score (nSPS) is 18.4. The smallest absolute Gasteiger partial charge is 0.316 e. The number of hydrogen-bond donors (Lipinski definition) is 0. The van der Waals surface area contributed by atoms with Crippen LogP contribution in [-0.4, -0.2) is 23.0 Å². The third kappa shape index (κ3) is 5.33. The van der Waals surface area contributed by atoms with Crippen molar-refractivity contribution in [3.8, 4) is 0 Å². The molecule has 0 aliphatic carbocycles. The summed E-state index contributed by atoms with van der Waals surface area (Å²) < 4.78 is 47.6. The number of alkyl halides is 6. The Balaban J connectivity index is 4.30. The van der Waals surface area contributed by atoms with Crippen LogP contribution in [0, 0.1) is 0 Å². The van der Waals surface area contributed by atoms with Crippen molar-refractivity contribution in [2.24, 2.45) is 0 Å². The van der Waals surface area contributed by atoms with Crippen LogP contribution < -0.4 is 0 Å². The summed E-state index contributed by atoms with van der Waals surface area (Å²) in [6, 6.07) is 0. The molecule has 0 spiro atoms. The average Bonchev–Trinajstić information content (AvgIpc) is 1.79. The Morgan fingerprint density at radius 2 is 1.69 bits per heavy atom. The zero-order valence-electron chi connectivity index (χ0n) is 6.24. The van der Waals surface area contributed by atoms with Crippen molar-refractivity contribution >= 4 is 42.2 Å². The molecule has 0 aliphatic heterocycles. The highest BCUT2D eigenvalue weighted by molar-refractivity contribution is 7.66. The highest BCUT2D eigenvalue weighted by atomic mass is 35.6. The molecule has 0 fully saturated rings. The summed E-state index contributed by atoms with van der Waals surface area (Å²) in [7, 11) is -3.90. The quantitative estimate of drug-likeness (QED) is 0.567. The topological polar surface area (TPSA) is 26.3 Å². The maximum atomic E-state index is 11.6. The molecule has 1 unspecified atom stereocenters. The van der Waals surface area contributed by atoms with Gasteiger partial charge in [0, 0.05) is 6.66 Å². The van der Waals surface area contributed by atoms with Crippen LogP contribution in [0.1, 0.15) is 0 Å². The molecule has 9 heteroatoms. The molecule has 0 aromatic heterocycles. The molecule has 2 nitrogen and oxygen atoms in total. The minimum Gasteiger partial charge on any atom is -0.316 e. The summed E-state index contributed by atoms with van der Waals surface area (Å²) >= 11 is 15.4. The van der Waals surface area contributed by atoms with Crippen molar-refractivity contribution in [2.45, 2.75) is 9.71 Å². The van der Waals surface area contributed by atoms with Crippen molar-refractivity contribution in [2.75, 3.05) is 13.3 Å². The minimum absolute atomic E-state index is 0.825. The highest BCUT2D eigenvalue weighted by Crippen LogP contribution is 2.63. The van der Waals surface area contributed by atoms with Gasteiger partial charge >= 0.3 is 6.18 Å². The van der Waals surface area contributed by atoms with E-state index in [1.165, 1.54) is 0 Å². The second-order valence-electron chi connectivity index (χ2n) is 2.20. The van der Waals surface area contributed by atoms with Crippen LogP contribution >= 0.6 is 42.2 Å². The van der Waals surface area contributed by atoms with Crippen molar-refractivity contribution in [3.05, 3.63) is 0 Å². The van der Waals surface area contributed by atoms with Crippen LogP contribution in [-0.2, 0) is 9.09 Å². The van der Waals surface area contributed by atoms with Gasteiger partial charge in [-0.05, 0) is 0 Å². The first-order valence-corrected chi connectivity index (χ1v) is 6.02. The molecule has 1 atom stereocenters. The molecule has 0 saturated carbocycles. The Labute approximate surface area is 87.7 Å². The lowest BCUT2D eigenvalue weighted by Crippen LogP contribution is -2.18. The second-order valence-corrected chi connectivity index (χ2v) is 7.89. The lowest BCUT2D eigenvalue weighted by molar-refractivity contribution is -0.153. The van der Waals surface area contributed by atoms with Crippen molar-refractivity contribution in [3.63, 3.8) is 0 Å². The van der Waals surface area contributed by atoms with Gasteiger partial charge in [0.05, 0.1) is 0 Å². The van der Waals surface area contributed by atoms with Gasteiger partial charge in [0.2, 0.25) is 0 Å². The van der Waals surface area contributed by atoms with E-state index in [4.69, 9.17) is 34.8 Å². The minimum atomic E-state index is -4.60. The van der Waals surface area contributed by atoms with E-state index >= 15 is 0 Å². The molecule has 13 heavy (non-hydrogen) atoms. The Bertz CT molecular complexity index is 224. The third-order valence-electron chi connectivity index (χ3n) is 0.935. The predicted molar refractivity (Wildman–Crippen MR) is 45.8 cm³/mol. The molecule has 0 aromatic carbocycles. The van der Waals surface area contributed by atoms with Crippen LogP contribution in [0.25, 0.3) is 0 Å². The first-order chi connectivity index (χ1) is 5.46. The Morgan fingerprint density at radius 3 is 1.92 bits per heavy atom. The number of rotatable bonds is 2. The Morgan fingerprint density at radius 1 is 1.31 bits per heavy atom. The van der Waals surface area contributed by atoms with Crippen LogP contribution in [0.3, 0.4) is 0 Å². The molecule has 0 aromatic rings. The van der Waals surface area contributed by atoms with Gasteiger partial charge in [-0.3, -0.25) is 4.57 Å². The Hall–Kier alpha value is 0.850. The molecule has 0 rings (SSSR count). The van der Waals surface area contributed by atoms with Gasteiger partial charge in [0.1, 0.15) is 6.61 Å². The van der Waals surface area contributed by atoms with Gasteiger partial charge in [0.25, 0.3) is 10.9 Å². The largest absolute Gasteiger partial charge is 0.412 e. The van der Waals surface area contributed by atoms with E-state index in [-0.39, 0.29) is 0 Å². The summed E-state index contributed by atoms with van der Waals surface area (Å²) in [5, 5.41) is 0. The molecule has 0 aliphatic rings. The fourth-order valence-corrected chi connectivity index (χ4v) is 1.25. The van der Waals surface area contributed by atoms with Gasteiger partial charge in [-0.25, -0.2) is 0 Å². The lowest BCUT2D eigenvalue weighted by Gasteiger charge is -2.21. The average molecular weight is 279 g/mol. The van der Waals surface area contributed by atoms with Crippen LogP contribution in [0.5, 0.6) is 0 Å². The Kier molecular flexibility index (Phi) is 4.42. The highest BCUT2D eigenvalue weighted by Gasteiger charge is 2.43. The van der Waals surface area contributed by atoms with Crippen molar-refractivity contribution in [1.29, 1.82) is 0 Å². The number of hydrogen-bond acceptors (Lipinski definition) is 2. The van der Waals surface area contributed by atoms with E-state index < -0.39 is 23.7 Å². The van der Waals surface area contributed by atoms with E-state index in [0.717, 1.165) is 6.66 Å². The SMILES string of the molecule is CP(=O)(OCC(F)(F)F)C(Cl)(Cl)Cl. The number of halogens is 6. The van der Waals surface area contributed by atoms with E-state index in [9.17, 15) is 17.7 Å². The molecule has 80 valence electrons. The monoisotopic (exact) mass is 278 g/mol. The second kappa shape index (κ2) is 4.15. The van der Waals surface area contributed by atoms with Gasteiger partial charge in [0.15, 0.2) is 0 Å². The third-order valence-corrected chi connectivity index (χ3v) is 5.24. The van der Waals surface area contributed by atoms with E-state index in [1.807, 2.05) is 0 Å². The van der Waals surface area contributed by atoms with E-state index in [0.29, 0.717) is 0 Å². The molecule has 0 amide bonds. The predicted octanol–water partition coefficient (Wildman–Crippen LogP) is 3.80. The van der Waals surface area contributed by atoms with E-state index in [2.05, 4.69) is 4.52 Å². The van der Waals surface area contributed by atoms with Gasteiger partial charge in [-0.15, -0.1) is 0 Å². The van der Waals surface area contributed by atoms with Gasteiger partial charge in [-0.2, -0.15) is 13.2 Å². The summed E-state index contributed by atoms with van der Waals surface area (Å²) in [6.45, 7) is -0.875. The summed E-state index contributed by atoms with van der Waals surface area (Å²) in [5.41, 5.74) is 0. The molecular formula is C4H5Cl3F3O2P. The van der Waals surface area contributed by atoms with Crippen LogP contribution in [0.15, 0.2) is 0 Å². The van der Waals surface area contributed by atoms with Crippen molar-refractivity contribution < 1.29 is 22.3 Å². The summed E-state index contributed by atoms with van der Waals surface area (Å²) in [6.07, 6.45) is -4.60. The zero-order chi connectivity index (χ0) is 10.9. The first-order valence-electron chi connectivity index (χ1n) is 2.81. The van der Waals surface area contributed by atoms with Crippen LogP contribution in [0.4, 0.5) is 13.2 Å². The molecule has 0 radical (unpaired) electrons. The fourth-order valence-electron chi connectivity index (χ4n) is 0.270. The van der Waals surface area contributed by atoms with Crippen LogP contribution in [0.2, 0.25) is 0 Å². The van der Waals surface area contributed by atoms with Crippen molar-refractivity contribution in [1.82, 2.24) is 0 Å². The first kappa shape index (κ1) is 13.8. The molecule has 0 N–H and O–H groups in total. The van der Waals surface area contributed by atoms with Gasteiger partial charge in [-0.1, -0.05) is 34.8 Å². The molecule has 0 saturated heterocycles. The molecule has 0 heterocycles. The maximum absolute atomic E-state index is 11.6. The molecule has 0 bridgehead atoms. The fraction of sp³-hybridized carbons (Fsp3) is 1.00.